The minimum Gasteiger partial charge on any atom is -0.396 e. The van der Waals surface area contributed by atoms with Gasteiger partial charge in [-0.1, -0.05) is 0 Å². The lowest BCUT2D eigenvalue weighted by molar-refractivity contribution is 0.275. The Hall–Kier alpha value is -0.130. The van der Waals surface area contributed by atoms with Gasteiger partial charge in [0.2, 0.25) is 10.0 Å². The summed E-state index contributed by atoms with van der Waals surface area (Å²) in [5.74, 6) is 0.0861. The molecule has 0 bridgehead atoms. The first-order chi connectivity index (χ1) is 5.02. The van der Waals surface area contributed by atoms with Gasteiger partial charge < -0.3 is 5.11 Å². The molecule has 1 unspecified atom stereocenters. The summed E-state index contributed by atoms with van der Waals surface area (Å²) < 4.78 is 24.2. The average Bonchev–Trinajstić information content (AvgIpc) is 1.87. The summed E-state index contributed by atoms with van der Waals surface area (Å²) >= 11 is 0. The van der Waals surface area contributed by atoms with E-state index in [1.54, 1.807) is 13.8 Å². The molecule has 0 saturated heterocycles. The molecule has 0 heterocycles. The van der Waals surface area contributed by atoms with Gasteiger partial charge in [-0.05, 0) is 20.3 Å². The minimum atomic E-state index is -3.10. The molecular formula is C6H15NO3S. The van der Waals surface area contributed by atoms with E-state index in [2.05, 4.69) is 4.72 Å². The molecule has 0 radical (unpaired) electrons. The number of sulfonamides is 1. The van der Waals surface area contributed by atoms with Crippen molar-refractivity contribution in [1.29, 1.82) is 0 Å². The van der Waals surface area contributed by atoms with Crippen LogP contribution in [0.4, 0.5) is 0 Å². The molecule has 4 nitrogen and oxygen atoms in total. The second-order valence-corrected chi connectivity index (χ2v) is 4.48. The van der Waals surface area contributed by atoms with E-state index in [4.69, 9.17) is 5.11 Å². The van der Waals surface area contributed by atoms with Crippen molar-refractivity contribution in [2.45, 2.75) is 26.3 Å². The lowest BCUT2D eigenvalue weighted by Gasteiger charge is -2.10. The van der Waals surface area contributed by atoms with Crippen molar-refractivity contribution in [3.8, 4) is 0 Å². The van der Waals surface area contributed by atoms with Crippen LogP contribution < -0.4 is 4.72 Å². The Kier molecular flexibility index (Phi) is 4.63. The number of nitrogens with one attached hydrogen (secondary N) is 1. The fourth-order valence-electron chi connectivity index (χ4n) is 0.642. The van der Waals surface area contributed by atoms with E-state index in [0.29, 0.717) is 6.42 Å². The third kappa shape index (κ3) is 5.17. The quantitative estimate of drug-likeness (QED) is 0.612. The molecule has 0 aromatic carbocycles. The highest BCUT2D eigenvalue weighted by molar-refractivity contribution is 7.89. The molecule has 0 saturated carbocycles. The first kappa shape index (κ1) is 10.9. The zero-order valence-corrected chi connectivity index (χ0v) is 7.69. The SMILES string of the molecule is CCS(=O)(=O)NC(C)CCO. The van der Waals surface area contributed by atoms with Crippen LogP contribution in [0.25, 0.3) is 0 Å². The van der Waals surface area contributed by atoms with Crippen LogP contribution in [-0.2, 0) is 10.0 Å². The van der Waals surface area contributed by atoms with Crippen LogP contribution in [-0.4, -0.2) is 31.9 Å². The molecule has 0 rings (SSSR count). The third-order valence-corrected chi connectivity index (χ3v) is 2.84. The predicted octanol–water partition coefficient (Wildman–Crippen LogP) is -0.303. The van der Waals surface area contributed by atoms with Crippen LogP contribution in [0.15, 0.2) is 0 Å². The molecule has 0 aliphatic carbocycles. The lowest BCUT2D eigenvalue weighted by atomic mass is 10.3. The van der Waals surface area contributed by atoms with Gasteiger partial charge in [0.25, 0.3) is 0 Å². The lowest BCUT2D eigenvalue weighted by Crippen LogP contribution is -2.34. The van der Waals surface area contributed by atoms with E-state index in [1.807, 2.05) is 0 Å². The molecular weight excluding hydrogens is 166 g/mol. The molecule has 68 valence electrons. The number of rotatable bonds is 5. The highest BCUT2D eigenvalue weighted by Crippen LogP contribution is 1.92. The molecule has 0 spiro atoms. The zero-order valence-electron chi connectivity index (χ0n) is 6.87. The monoisotopic (exact) mass is 181 g/mol. The molecule has 0 amide bonds. The average molecular weight is 181 g/mol. The van der Waals surface area contributed by atoms with Crippen molar-refractivity contribution in [2.24, 2.45) is 0 Å². The molecule has 0 fully saturated rings. The van der Waals surface area contributed by atoms with Gasteiger partial charge in [-0.2, -0.15) is 0 Å². The largest absolute Gasteiger partial charge is 0.396 e. The number of aliphatic hydroxyl groups is 1. The van der Waals surface area contributed by atoms with Crippen molar-refractivity contribution < 1.29 is 13.5 Å². The maximum atomic E-state index is 10.9. The Morgan fingerprint density at radius 1 is 1.55 bits per heavy atom. The van der Waals surface area contributed by atoms with Crippen LogP contribution in [0.3, 0.4) is 0 Å². The predicted molar refractivity (Wildman–Crippen MR) is 43.8 cm³/mol. The fraction of sp³-hybridized carbons (Fsp3) is 1.00. The number of hydrogen-bond donors (Lipinski definition) is 2. The fourth-order valence-corrected chi connectivity index (χ4v) is 1.54. The van der Waals surface area contributed by atoms with E-state index < -0.39 is 10.0 Å². The van der Waals surface area contributed by atoms with Crippen molar-refractivity contribution in [3.05, 3.63) is 0 Å². The summed E-state index contributed by atoms with van der Waals surface area (Å²) in [5.41, 5.74) is 0. The normalized spacial score (nSPS) is 14.8. The first-order valence-electron chi connectivity index (χ1n) is 3.62. The summed E-state index contributed by atoms with van der Waals surface area (Å²) in [5, 5.41) is 8.47. The summed E-state index contributed by atoms with van der Waals surface area (Å²) in [6.07, 6.45) is 0.458. The highest BCUT2D eigenvalue weighted by atomic mass is 32.2. The Labute approximate surface area is 67.7 Å². The van der Waals surface area contributed by atoms with Gasteiger partial charge in [0, 0.05) is 12.6 Å². The van der Waals surface area contributed by atoms with E-state index in [9.17, 15) is 8.42 Å². The van der Waals surface area contributed by atoms with Crippen LogP contribution in [0, 0.1) is 0 Å². The summed E-state index contributed by atoms with van der Waals surface area (Å²) in [6.45, 7) is 3.31. The van der Waals surface area contributed by atoms with Gasteiger partial charge in [0.15, 0.2) is 0 Å². The Morgan fingerprint density at radius 2 is 2.09 bits per heavy atom. The van der Waals surface area contributed by atoms with Gasteiger partial charge in [-0.3, -0.25) is 0 Å². The molecule has 0 aliphatic rings. The van der Waals surface area contributed by atoms with Crippen molar-refractivity contribution in [3.63, 3.8) is 0 Å². The number of hydrogen-bond acceptors (Lipinski definition) is 3. The minimum absolute atomic E-state index is 0.00734. The molecule has 0 aromatic heterocycles. The Balaban J connectivity index is 3.84. The maximum absolute atomic E-state index is 10.9. The van der Waals surface area contributed by atoms with Gasteiger partial charge >= 0.3 is 0 Å². The van der Waals surface area contributed by atoms with Gasteiger partial charge in [0.05, 0.1) is 5.75 Å². The molecule has 0 aromatic rings. The van der Waals surface area contributed by atoms with Crippen LogP contribution in [0.1, 0.15) is 20.3 Å². The van der Waals surface area contributed by atoms with E-state index >= 15 is 0 Å². The zero-order chi connectivity index (χ0) is 8.91. The molecule has 5 heteroatoms. The van der Waals surface area contributed by atoms with Crippen molar-refractivity contribution >= 4 is 10.0 Å². The summed E-state index contributed by atoms with van der Waals surface area (Å²) in [6, 6.07) is -0.176. The Morgan fingerprint density at radius 3 is 2.45 bits per heavy atom. The molecule has 1 atom stereocenters. The van der Waals surface area contributed by atoms with Crippen LogP contribution in [0.2, 0.25) is 0 Å². The molecule has 11 heavy (non-hydrogen) atoms. The first-order valence-corrected chi connectivity index (χ1v) is 5.28. The maximum Gasteiger partial charge on any atom is 0.211 e. The molecule has 2 N–H and O–H groups in total. The topological polar surface area (TPSA) is 66.4 Å². The second kappa shape index (κ2) is 4.69. The highest BCUT2D eigenvalue weighted by Gasteiger charge is 2.10. The standard InChI is InChI=1S/C6H15NO3S/c1-3-11(9,10)7-6(2)4-5-8/h6-8H,3-5H2,1-2H3. The molecule has 0 aliphatic heterocycles. The van der Waals surface area contributed by atoms with Gasteiger partial charge in [-0.15, -0.1) is 0 Å². The van der Waals surface area contributed by atoms with Crippen LogP contribution in [0.5, 0.6) is 0 Å². The number of aliphatic hydroxyl groups excluding tert-OH is 1. The van der Waals surface area contributed by atoms with Gasteiger partial charge in [-0.25, -0.2) is 13.1 Å². The van der Waals surface area contributed by atoms with E-state index in [0.717, 1.165) is 0 Å². The van der Waals surface area contributed by atoms with Gasteiger partial charge in [0.1, 0.15) is 0 Å². The van der Waals surface area contributed by atoms with E-state index in [1.165, 1.54) is 0 Å². The smallest absolute Gasteiger partial charge is 0.211 e. The summed E-state index contributed by atoms with van der Waals surface area (Å²) in [4.78, 5) is 0. The van der Waals surface area contributed by atoms with E-state index in [-0.39, 0.29) is 18.4 Å². The Bertz CT molecular complexity index is 188. The van der Waals surface area contributed by atoms with Crippen LogP contribution >= 0.6 is 0 Å². The third-order valence-electron chi connectivity index (χ3n) is 1.32. The van der Waals surface area contributed by atoms with Crippen molar-refractivity contribution in [2.75, 3.05) is 12.4 Å². The van der Waals surface area contributed by atoms with Crippen molar-refractivity contribution in [1.82, 2.24) is 4.72 Å². The summed E-state index contributed by atoms with van der Waals surface area (Å²) in [7, 11) is -3.10. The second-order valence-electron chi connectivity index (χ2n) is 2.43.